The smallest absolute Gasteiger partial charge is 0.254 e. The Morgan fingerprint density at radius 2 is 2.55 bits per heavy atom. The van der Waals surface area contributed by atoms with Crippen molar-refractivity contribution in [1.29, 1.82) is 0 Å². The highest BCUT2D eigenvalue weighted by atomic mass is 32.1. The zero-order chi connectivity index (χ0) is 14.0. The van der Waals surface area contributed by atoms with Gasteiger partial charge in [-0.3, -0.25) is 4.79 Å². The maximum absolute atomic E-state index is 12.5. The summed E-state index contributed by atoms with van der Waals surface area (Å²) in [5, 5.41) is 3.88. The van der Waals surface area contributed by atoms with Gasteiger partial charge in [0.2, 0.25) is 0 Å². The van der Waals surface area contributed by atoms with Crippen LogP contribution in [0.15, 0.2) is 16.8 Å². The van der Waals surface area contributed by atoms with Crippen molar-refractivity contribution in [2.45, 2.75) is 25.4 Å². The van der Waals surface area contributed by atoms with Crippen LogP contribution in [-0.4, -0.2) is 50.3 Å². The predicted octanol–water partition coefficient (Wildman–Crippen LogP) is 2.41. The van der Waals surface area contributed by atoms with Crippen LogP contribution in [0.1, 0.15) is 29.6 Å². The fourth-order valence-electron chi connectivity index (χ4n) is 3.53. The number of carbonyl (C=O) groups is 1. The van der Waals surface area contributed by atoms with Crippen LogP contribution in [0.4, 0.5) is 0 Å². The summed E-state index contributed by atoms with van der Waals surface area (Å²) in [6.45, 7) is 3.05. The molecule has 2 aliphatic rings. The quantitative estimate of drug-likeness (QED) is 0.859. The fourth-order valence-corrected chi connectivity index (χ4v) is 4.16. The van der Waals surface area contributed by atoms with Crippen LogP contribution < -0.4 is 0 Å². The van der Waals surface area contributed by atoms with Crippen LogP contribution in [0.5, 0.6) is 0 Å². The normalized spacial score (nSPS) is 30.1. The van der Waals surface area contributed by atoms with Gasteiger partial charge in [0.1, 0.15) is 0 Å². The Morgan fingerprint density at radius 3 is 3.30 bits per heavy atom. The lowest BCUT2D eigenvalue weighted by atomic mass is 9.73. The molecular weight excluding hydrogens is 274 g/mol. The van der Waals surface area contributed by atoms with Gasteiger partial charge in [-0.2, -0.15) is 11.3 Å². The van der Waals surface area contributed by atoms with Crippen LogP contribution in [0.3, 0.4) is 0 Å². The van der Waals surface area contributed by atoms with Crippen molar-refractivity contribution in [2.75, 3.05) is 33.4 Å². The van der Waals surface area contributed by atoms with Crippen LogP contribution in [0.2, 0.25) is 0 Å². The molecule has 3 heterocycles. The minimum Gasteiger partial charge on any atom is -0.384 e. The van der Waals surface area contributed by atoms with E-state index in [2.05, 4.69) is 0 Å². The summed E-state index contributed by atoms with van der Waals surface area (Å²) in [5.41, 5.74) is 0.787. The van der Waals surface area contributed by atoms with Crippen molar-refractivity contribution >= 4 is 17.2 Å². The van der Waals surface area contributed by atoms with Crippen LogP contribution in [0, 0.1) is 5.41 Å². The summed E-state index contributed by atoms with van der Waals surface area (Å²) < 4.78 is 11.4. The first-order valence-corrected chi connectivity index (χ1v) is 8.11. The summed E-state index contributed by atoms with van der Waals surface area (Å²) in [5.74, 6) is 0.144. The second-order valence-corrected chi connectivity index (χ2v) is 6.57. The average molecular weight is 295 g/mol. The zero-order valence-corrected chi connectivity index (χ0v) is 12.7. The highest BCUT2D eigenvalue weighted by Gasteiger charge is 2.47. The molecule has 2 atom stereocenters. The number of fused-ring (bicyclic) bond motifs is 1. The van der Waals surface area contributed by atoms with Gasteiger partial charge >= 0.3 is 0 Å². The summed E-state index contributed by atoms with van der Waals surface area (Å²) in [4.78, 5) is 14.5. The molecule has 0 radical (unpaired) electrons. The Labute approximate surface area is 123 Å². The van der Waals surface area contributed by atoms with E-state index in [0.717, 1.165) is 44.5 Å². The molecule has 20 heavy (non-hydrogen) atoms. The average Bonchev–Trinajstić information content (AvgIpc) is 3.00. The highest BCUT2D eigenvalue weighted by molar-refractivity contribution is 7.08. The van der Waals surface area contributed by atoms with E-state index in [1.54, 1.807) is 18.4 Å². The minimum atomic E-state index is -0.0169. The van der Waals surface area contributed by atoms with E-state index >= 15 is 0 Å². The monoisotopic (exact) mass is 295 g/mol. The number of hydrogen-bond donors (Lipinski definition) is 0. The number of thiophene rings is 1. The van der Waals surface area contributed by atoms with Crippen molar-refractivity contribution in [3.8, 4) is 0 Å². The molecule has 3 rings (SSSR count). The molecule has 0 spiro atoms. The molecule has 1 aromatic heterocycles. The van der Waals surface area contributed by atoms with Gasteiger partial charge in [-0.1, -0.05) is 0 Å². The molecule has 1 aromatic rings. The predicted molar refractivity (Wildman–Crippen MR) is 78.1 cm³/mol. The van der Waals surface area contributed by atoms with E-state index in [9.17, 15) is 4.79 Å². The van der Waals surface area contributed by atoms with Crippen molar-refractivity contribution in [1.82, 2.24) is 4.90 Å². The summed E-state index contributed by atoms with van der Waals surface area (Å²) in [6.07, 6.45) is 3.29. The maximum atomic E-state index is 12.5. The lowest BCUT2D eigenvalue weighted by molar-refractivity contribution is -0.142. The van der Waals surface area contributed by atoms with Gasteiger partial charge in [-0.05, 0) is 30.7 Å². The van der Waals surface area contributed by atoms with Gasteiger partial charge in [0, 0.05) is 37.6 Å². The standard InChI is InChI=1S/C15H21NO3S/c1-18-11-15-5-2-7-19-13(15)3-6-16(10-15)14(17)12-4-8-20-9-12/h4,8-9,13H,2-3,5-7,10-11H2,1H3. The molecule has 4 nitrogen and oxygen atoms in total. The molecule has 110 valence electrons. The number of methoxy groups -OCH3 is 1. The third kappa shape index (κ3) is 2.50. The molecule has 0 bridgehead atoms. The molecule has 2 unspecified atom stereocenters. The van der Waals surface area contributed by atoms with Gasteiger partial charge in [0.05, 0.1) is 18.3 Å². The number of hydrogen-bond acceptors (Lipinski definition) is 4. The number of amides is 1. The molecule has 0 aromatic carbocycles. The summed E-state index contributed by atoms with van der Waals surface area (Å²) in [6, 6.07) is 1.90. The third-order valence-electron chi connectivity index (χ3n) is 4.48. The molecule has 0 aliphatic carbocycles. The number of nitrogens with zero attached hydrogens (tertiary/aromatic N) is 1. The summed E-state index contributed by atoms with van der Waals surface area (Å²) in [7, 11) is 1.74. The van der Waals surface area contributed by atoms with Gasteiger partial charge in [0.25, 0.3) is 5.91 Å². The number of carbonyl (C=O) groups excluding carboxylic acids is 1. The Kier molecular flexibility index (Phi) is 4.10. The van der Waals surface area contributed by atoms with Crippen molar-refractivity contribution in [3.05, 3.63) is 22.4 Å². The molecule has 0 N–H and O–H groups in total. The Morgan fingerprint density at radius 1 is 1.65 bits per heavy atom. The molecule has 2 aliphatic heterocycles. The number of likely N-dealkylation sites (tertiary alicyclic amines) is 1. The van der Waals surface area contributed by atoms with E-state index in [0.29, 0.717) is 6.61 Å². The van der Waals surface area contributed by atoms with E-state index in [-0.39, 0.29) is 17.4 Å². The molecule has 2 fully saturated rings. The Bertz CT molecular complexity index is 458. The number of rotatable bonds is 3. The fraction of sp³-hybridized carbons (Fsp3) is 0.667. The minimum absolute atomic E-state index is 0.0169. The van der Waals surface area contributed by atoms with Gasteiger partial charge < -0.3 is 14.4 Å². The van der Waals surface area contributed by atoms with Crippen LogP contribution in [0.25, 0.3) is 0 Å². The van der Waals surface area contributed by atoms with Crippen molar-refractivity contribution < 1.29 is 14.3 Å². The lowest BCUT2D eigenvalue weighted by Crippen LogP contribution is -2.57. The van der Waals surface area contributed by atoms with Gasteiger partial charge in [0.15, 0.2) is 0 Å². The highest BCUT2D eigenvalue weighted by Crippen LogP contribution is 2.40. The first-order chi connectivity index (χ1) is 9.75. The zero-order valence-electron chi connectivity index (χ0n) is 11.8. The number of piperidine rings is 1. The maximum Gasteiger partial charge on any atom is 0.254 e. The van der Waals surface area contributed by atoms with E-state index in [1.807, 2.05) is 21.7 Å². The molecular formula is C15H21NO3S. The summed E-state index contributed by atoms with van der Waals surface area (Å²) >= 11 is 1.57. The Balaban J connectivity index is 1.77. The largest absolute Gasteiger partial charge is 0.384 e. The molecule has 1 amide bonds. The Hall–Kier alpha value is -0.910. The van der Waals surface area contributed by atoms with Crippen LogP contribution >= 0.6 is 11.3 Å². The van der Waals surface area contributed by atoms with E-state index in [1.165, 1.54) is 0 Å². The molecule has 0 saturated carbocycles. The second-order valence-electron chi connectivity index (χ2n) is 5.79. The first-order valence-electron chi connectivity index (χ1n) is 7.17. The second kappa shape index (κ2) is 5.84. The molecule has 2 saturated heterocycles. The van der Waals surface area contributed by atoms with Gasteiger partial charge in [-0.25, -0.2) is 0 Å². The van der Waals surface area contributed by atoms with E-state index < -0.39 is 0 Å². The van der Waals surface area contributed by atoms with Gasteiger partial charge in [-0.15, -0.1) is 0 Å². The van der Waals surface area contributed by atoms with Crippen molar-refractivity contribution in [3.63, 3.8) is 0 Å². The molecule has 5 heteroatoms. The van der Waals surface area contributed by atoms with E-state index in [4.69, 9.17) is 9.47 Å². The lowest BCUT2D eigenvalue weighted by Gasteiger charge is -2.50. The SMILES string of the molecule is COCC12CCCOC1CCN(C(=O)c1ccsc1)C2. The third-order valence-corrected chi connectivity index (χ3v) is 5.16. The van der Waals surface area contributed by atoms with Crippen LogP contribution in [-0.2, 0) is 9.47 Å². The topological polar surface area (TPSA) is 38.8 Å². The number of ether oxygens (including phenoxy) is 2. The van der Waals surface area contributed by atoms with Crippen molar-refractivity contribution in [2.24, 2.45) is 5.41 Å². The first kappa shape index (κ1) is 14.0.